The second-order valence-corrected chi connectivity index (χ2v) is 6.78. The second kappa shape index (κ2) is 8.08. The lowest BCUT2D eigenvalue weighted by atomic mass is 10.0. The molecule has 0 aromatic heterocycles. The number of amides is 1. The van der Waals surface area contributed by atoms with Crippen LogP contribution in [0.4, 0.5) is 28.0 Å². The molecule has 0 radical (unpaired) electrons. The van der Waals surface area contributed by atoms with Gasteiger partial charge in [-0.2, -0.15) is 13.2 Å². The molecule has 28 heavy (non-hydrogen) atoms. The molecular formula is C20H19F4N2O2-. The average molecular weight is 395 g/mol. The molecule has 1 amide bonds. The van der Waals surface area contributed by atoms with Crippen LogP contribution < -0.4 is 10.0 Å². The molecule has 0 atom stereocenters. The summed E-state index contributed by atoms with van der Waals surface area (Å²) in [5, 5.41) is 11.0. The first kappa shape index (κ1) is 20.0. The van der Waals surface area contributed by atoms with Crippen LogP contribution in [0.1, 0.15) is 24.0 Å². The van der Waals surface area contributed by atoms with Crippen molar-refractivity contribution in [1.29, 1.82) is 0 Å². The van der Waals surface area contributed by atoms with Crippen molar-refractivity contribution >= 4 is 11.8 Å². The molecule has 4 nitrogen and oxygen atoms in total. The van der Waals surface area contributed by atoms with Crippen molar-refractivity contribution in [2.45, 2.75) is 31.6 Å². The first-order valence-electron chi connectivity index (χ1n) is 8.88. The molecule has 0 unspecified atom stereocenters. The minimum atomic E-state index is -4.42. The molecule has 150 valence electrons. The number of benzene rings is 2. The number of rotatable bonds is 4. The quantitative estimate of drug-likeness (QED) is 0.743. The van der Waals surface area contributed by atoms with Gasteiger partial charge in [-0.05, 0) is 54.8 Å². The SMILES string of the molecule is O=C([O-])N1CCC(N(Cc2ccc(F)cc2)c2ccc(C(F)(F)F)cc2)CC1. The van der Waals surface area contributed by atoms with E-state index >= 15 is 0 Å². The topological polar surface area (TPSA) is 46.6 Å². The van der Waals surface area contributed by atoms with E-state index in [0.717, 1.165) is 17.7 Å². The molecule has 0 N–H and O–H groups in total. The maximum atomic E-state index is 13.2. The summed E-state index contributed by atoms with van der Waals surface area (Å²) in [6, 6.07) is 10.8. The predicted molar refractivity (Wildman–Crippen MR) is 94.0 cm³/mol. The van der Waals surface area contributed by atoms with E-state index in [9.17, 15) is 27.5 Å². The van der Waals surface area contributed by atoms with E-state index in [4.69, 9.17) is 0 Å². The first-order valence-corrected chi connectivity index (χ1v) is 8.88. The molecular weight excluding hydrogens is 376 g/mol. The average Bonchev–Trinajstić information content (AvgIpc) is 2.67. The van der Waals surface area contributed by atoms with E-state index in [-0.39, 0.29) is 11.9 Å². The molecule has 0 aliphatic carbocycles. The van der Waals surface area contributed by atoms with E-state index in [1.54, 1.807) is 12.1 Å². The number of carbonyl (C=O) groups is 1. The van der Waals surface area contributed by atoms with E-state index in [0.29, 0.717) is 38.2 Å². The van der Waals surface area contributed by atoms with E-state index < -0.39 is 17.8 Å². The maximum Gasteiger partial charge on any atom is 0.416 e. The van der Waals surface area contributed by atoms with E-state index in [1.807, 2.05) is 4.90 Å². The molecule has 1 saturated heterocycles. The fourth-order valence-electron chi connectivity index (χ4n) is 3.42. The molecule has 2 aromatic carbocycles. The van der Waals surface area contributed by atoms with Crippen molar-refractivity contribution < 1.29 is 27.5 Å². The highest BCUT2D eigenvalue weighted by atomic mass is 19.4. The highest BCUT2D eigenvalue weighted by Gasteiger charge is 2.31. The third kappa shape index (κ3) is 4.74. The van der Waals surface area contributed by atoms with Crippen LogP contribution in [0.5, 0.6) is 0 Å². The summed E-state index contributed by atoms with van der Waals surface area (Å²) in [6.07, 6.45) is -4.59. The monoisotopic (exact) mass is 395 g/mol. The van der Waals surface area contributed by atoms with Gasteiger partial charge in [0.2, 0.25) is 0 Å². The number of piperidine rings is 1. The molecule has 1 fully saturated rings. The zero-order chi connectivity index (χ0) is 20.3. The molecule has 0 bridgehead atoms. The van der Waals surface area contributed by atoms with Crippen LogP contribution >= 0.6 is 0 Å². The molecule has 3 rings (SSSR count). The number of hydrogen-bond acceptors (Lipinski definition) is 3. The van der Waals surface area contributed by atoms with Gasteiger partial charge in [-0.3, -0.25) is 0 Å². The predicted octanol–water partition coefficient (Wildman–Crippen LogP) is 3.66. The first-order chi connectivity index (χ1) is 13.2. The summed E-state index contributed by atoms with van der Waals surface area (Å²) >= 11 is 0. The Morgan fingerprint density at radius 1 is 1.04 bits per heavy atom. The Hall–Kier alpha value is -2.77. The van der Waals surface area contributed by atoms with Crippen molar-refractivity contribution in [3.05, 3.63) is 65.5 Å². The molecule has 1 aliphatic heterocycles. The fraction of sp³-hybridized carbons (Fsp3) is 0.350. The number of carboxylic acid groups (broad SMARTS) is 1. The van der Waals surface area contributed by atoms with Gasteiger partial charge in [-0.25, -0.2) is 4.39 Å². The highest BCUT2D eigenvalue weighted by Crippen LogP contribution is 2.32. The third-order valence-corrected chi connectivity index (χ3v) is 4.96. The lowest BCUT2D eigenvalue weighted by Crippen LogP contribution is -2.50. The van der Waals surface area contributed by atoms with Crippen LogP contribution in [0.15, 0.2) is 48.5 Å². The minimum Gasteiger partial charge on any atom is -0.530 e. The number of likely N-dealkylation sites (tertiary alicyclic amines) is 1. The van der Waals surface area contributed by atoms with Crippen molar-refractivity contribution in [2.75, 3.05) is 18.0 Å². The van der Waals surface area contributed by atoms with Crippen LogP contribution in [-0.4, -0.2) is 30.1 Å². The molecule has 2 aromatic rings. The van der Waals surface area contributed by atoms with Crippen LogP contribution in [0, 0.1) is 5.82 Å². The van der Waals surface area contributed by atoms with Gasteiger partial charge in [0.1, 0.15) is 11.9 Å². The van der Waals surface area contributed by atoms with E-state index in [1.165, 1.54) is 29.2 Å². The normalized spacial score (nSPS) is 15.5. The van der Waals surface area contributed by atoms with Crippen LogP contribution in [0.3, 0.4) is 0 Å². The van der Waals surface area contributed by atoms with Crippen LogP contribution in [0.25, 0.3) is 0 Å². The molecule has 1 heterocycles. The zero-order valence-corrected chi connectivity index (χ0v) is 15.0. The van der Waals surface area contributed by atoms with Gasteiger partial charge in [0.15, 0.2) is 0 Å². The number of hydrogen-bond donors (Lipinski definition) is 0. The lowest BCUT2D eigenvalue weighted by Gasteiger charge is -2.40. The van der Waals surface area contributed by atoms with Gasteiger partial charge in [0.05, 0.1) is 5.56 Å². The molecule has 1 aliphatic rings. The van der Waals surface area contributed by atoms with Gasteiger partial charge in [-0.1, -0.05) is 12.1 Å². The zero-order valence-electron chi connectivity index (χ0n) is 15.0. The number of anilines is 1. The van der Waals surface area contributed by atoms with Crippen molar-refractivity contribution in [1.82, 2.24) is 4.90 Å². The highest BCUT2D eigenvalue weighted by molar-refractivity contribution is 5.62. The lowest BCUT2D eigenvalue weighted by molar-refractivity contribution is -0.266. The fourth-order valence-corrected chi connectivity index (χ4v) is 3.42. The minimum absolute atomic E-state index is 0.0580. The van der Waals surface area contributed by atoms with Crippen LogP contribution in [0.2, 0.25) is 0 Å². The Morgan fingerprint density at radius 2 is 1.61 bits per heavy atom. The summed E-state index contributed by atoms with van der Waals surface area (Å²) in [4.78, 5) is 14.2. The molecule has 0 saturated carbocycles. The van der Waals surface area contributed by atoms with Gasteiger partial charge in [-0.15, -0.1) is 0 Å². The standard InChI is InChI=1S/C20H20F4N2O2/c21-16-5-1-14(2-6-16)13-26(18-9-11-25(12-10-18)19(27)28)17-7-3-15(4-8-17)20(22,23)24/h1-8,18H,9-13H2,(H,27,28)/p-1. The number of carbonyl (C=O) groups excluding carboxylic acids is 1. The maximum absolute atomic E-state index is 13.2. The molecule has 0 spiro atoms. The van der Waals surface area contributed by atoms with E-state index in [2.05, 4.69) is 0 Å². The second-order valence-electron chi connectivity index (χ2n) is 6.78. The summed E-state index contributed by atoms with van der Waals surface area (Å²) in [6.45, 7) is 0.975. The largest absolute Gasteiger partial charge is 0.530 e. The molecule has 8 heteroatoms. The van der Waals surface area contributed by atoms with Gasteiger partial charge >= 0.3 is 6.18 Å². The summed E-state index contributed by atoms with van der Waals surface area (Å²) in [5.41, 5.74) is 0.678. The number of halogens is 4. The summed E-state index contributed by atoms with van der Waals surface area (Å²) in [7, 11) is 0. The third-order valence-electron chi connectivity index (χ3n) is 4.96. The summed E-state index contributed by atoms with van der Waals surface area (Å²) in [5.74, 6) is -0.368. The Labute approximate surface area is 160 Å². The smallest absolute Gasteiger partial charge is 0.416 e. The summed E-state index contributed by atoms with van der Waals surface area (Å²) < 4.78 is 51.8. The van der Waals surface area contributed by atoms with Gasteiger partial charge in [0, 0.05) is 31.4 Å². The Morgan fingerprint density at radius 3 is 2.11 bits per heavy atom. The Bertz CT molecular complexity index is 798. The Balaban J connectivity index is 1.84. The van der Waals surface area contributed by atoms with Gasteiger partial charge in [0.25, 0.3) is 0 Å². The van der Waals surface area contributed by atoms with Crippen LogP contribution in [-0.2, 0) is 12.7 Å². The van der Waals surface area contributed by atoms with Gasteiger partial charge < -0.3 is 19.7 Å². The van der Waals surface area contributed by atoms with Crippen molar-refractivity contribution in [3.8, 4) is 0 Å². The van der Waals surface area contributed by atoms with Crippen molar-refractivity contribution in [2.24, 2.45) is 0 Å². The van der Waals surface area contributed by atoms with Crippen molar-refractivity contribution in [3.63, 3.8) is 0 Å². The number of nitrogens with zero attached hydrogens (tertiary/aromatic N) is 2. The number of alkyl halides is 3. The Kier molecular flexibility index (Phi) is 5.76.